The minimum Gasteiger partial charge on any atom is -0.443 e. The number of carbonyl (C=O) groups excluding carboxylic acids is 2. The maximum Gasteiger partial charge on any atom is 0.417 e. The third-order valence-corrected chi connectivity index (χ3v) is 6.05. The number of likely N-dealkylation sites (tertiary alicyclic amines) is 1. The van der Waals surface area contributed by atoms with Gasteiger partial charge in [0.1, 0.15) is 5.60 Å². The quantitative estimate of drug-likeness (QED) is 0.728. The van der Waals surface area contributed by atoms with E-state index in [1.807, 2.05) is 20.8 Å². The first-order valence-corrected chi connectivity index (χ1v) is 8.88. The molecule has 1 atom stereocenters. The van der Waals surface area contributed by atoms with Crippen molar-refractivity contribution in [3.63, 3.8) is 0 Å². The van der Waals surface area contributed by atoms with Crippen molar-refractivity contribution in [1.82, 2.24) is 4.90 Å². The summed E-state index contributed by atoms with van der Waals surface area (Å²) in [4.78, 5) is 26.4. The SMILES string of the molecule is CC(C)(C)OC(=O)N1CCC2(CC1=O)Cc1ccccc1C21CC1. The van der Waals surface area contributed by atoms with Crippen molar-refractivity contribution in [1.29, 1.82) is 0 Å². The van der Waals surface area contributed by atoms with Gasteiger partial charge in [0.2, 0.25) is 5.91 Å². The van der Waals surface area contributed by atoms with Crippen LogP contribution in [0.2, 0.25) is 0 Å². The van der Waals surface area contributed by atoms with Gasteiger partial charge in [-0.2, -0.15) is 0 Å². The fourth-order valence-corrected chi connectivity index (χ4v) is 4.88. The first-order valence-electron chi connectivity index (χ1n) is 8.88. The van der Waals surface area contributed by atoms with Gasteiger partial charge in [-0.15, -0.1) is 0 Å². The molecule has 3 aliphatic rings. The minimum atomic E-state index is -0.576. The lowest BCUT2D eigenvalue weighted by atomic mass is 9.66. The second-order valence-corrected chi connectivity index (χ2v) is 8.65. The van der Waals surface area contributed by atoms with Crippen LogP contribution in [0.25, 0.3) is 0 Å². The molecule has 0 bridgehead atoms. The van der Waals surface area contributed by atoms with Crippen molar-refractivity contribution < 1.29 is 14.3 Å². The Labute approximate surface area is 143 Å². The highest BCUT2D eigenvalue weighted by Crippen LogP contribution is 2.69. The zero-order valence-corrected chi connectivity index (χ0v) is 14.7. The maximum absolute atomic E-state index is 12.8. The summed E-state index contributed by atoms with van der Waals surface area (Å²) in [5, 5.41) is 0. The molecule has 0 aromatic heterocycles. The van der Waals surface area contributed by atoms with Crippen LogP contribution in [0.5, 0.6) is 0 Å². The average Bonchev–Trinajstić information content (AvgIpc) is 3.23. The summed E-state index contributed by atoms with van der Waals surface area (Å²) >= 11 is 0. The Morgan fingerprint density at radius 1 is 1.12 bits per heavy atom. The Hall–Kier alpha value is -1.84. The van der Waals surface area contributed by atoms with E-state index in [1.165, 1.54) is 28.9 Å². The molecule has 2 amide bonds. The molecule has 1 saturated carbocycles. The van der Waals surface area contributed by atoms with E-state index >= 15 is 0 Å². The smallest absolute Gasteiger partial charge is 0.417 e. The van der Waals surface area contributed by atoms with Crippen LogP contribution in [-0.2, 0) is 21.4 Å². The number of hydrogen-bond acceptors (Lipinski definition) is 3. The number of rotatable bonds is 0. The third kappa shape index (κ3) is 2.19. The summed E-state index contributed by atoms with van der Waals surface area (Å²) in [5.41, 5.74) is 2.45. The third-order valence-electron chi connectivity index (χ3n) is 6.05. The molecule has 128 valence electrons. The number of ether oxygens (including phenoxy) is 1. The normalized spacial score (nSPS) is 27.5. The molecule has 1 unspecified atom stereocenters. The van der Waals surface area contributed by atoms with Gasteiger partial charge < -0.3 is 4.74 Å². The lowest BCUT2D eigenvalue weighted by molar-refractivity contribution is -0.137. The molecule has 0 radical (unpaired) electrons. The Morgan fingerprint density at radius 2 is 1.83 bits per heavy atom. The van der Waals surface area contributed by atoms with E-state index in [1.54, 1.807) is 0 Å². The van der Waals surface area contributed by atoms with Crippen molar-refractivity contribution in [3.8, 4) is 0 Å². The molecule has 4 rings (SSSR count). The lowest BCUT2D eigenvalue weighted by Gasteiger charge is -2.42. The van der Waals surface area contributed by atoms with Crippen LogP contribution in [0.15, 0.2) is 24.3 Å². The summed E-state index contributed by atoms with van der Waals surface area (Å²) in [7, 11) is 0. The molecule has 1 aromatic carbocycles. The molecule has 1 saturated heterocycles. The molecule has 1 heterocycles. The van der Waals surface area contributed by atoms with Gasteiger partial charge in [0.05, 0.1) is 0 Å². The largest absolute Gasteiger partial charge is 0.443 e. The van der Waals surface area contributed by atoms with E-state index in [2.05, 4.69) is 24.3 Å². The fraction of sp³-hybridized carbons (Fsp3) is 0.600. The number of benzene rings is 1. The number of piperidine rings is 1. The van der Waals surface area contributed by atoms with Gasteiger partial charge in [0.25, 0.3) is 0 Å². The molecule has 0 N–H and O–H groups in total. The highest BCUT2D eigenvalue weighted by molar-refractivity contribution is 5.93. The molecule has 4 nitrogen and oxygen atoms in total. The average molecular weight is 327 g/mol. The van der Waals surface area contributed by atoms with Crippen LogP contribution in [0.1, 0.15) is 57.6 Å². The first kappa shape index (κ1) is 15.7. The molecule has 2 fully saturated rings. The molecular weight excluding hydrogens is 302 g/mol. The van der Waals surface area contributed by atoms with Gasteiger partial charge >= 0.3 is 6.09 Å². The number of amides is 2. The minimum absolute atomic E-state index is 0.00623. The van der Waals surface area contributed by atoms with Crippen molar-refractivity contribution >= 4 is 12.0 Å². The highest BCUT2D eigenvalue weighted by atomic mass is 16.6. The molecular formula is C20H25NO3. The van der Waals surface area contributed by atoms with Gasteiger partial charge in [-0.1, -0.05) is 24.3 Å². The molecule has 24 heavy (non-hydrogen) atoms. The topological polar surface area (TPSA) is 46.6 Å². The summed E-state index contributed by atoms with van der Waals surface area (Å²) < 4.78 is 5.39. The van der Waals surface area contributed by atoms with E-state index in [0.29, 0.717) is 13.0 Å². The molecule has 2 aliphatic carbocycles. The Morgan fingerprint density at radius 3 is 2.46 bits per heavy atom. The second-order valence-electron chi connectivity index (χ2n) is 8.65. The summed E-state index contributed by atoms with van der Waals surface area (Å²) in [6, 6.07) is 8.64. The first-order chi connectivity index (χ1) is 11.3. The van der Waals surface area contributed by atoms with E-state index in [0.717, 1.165) is 12.8 Å². The van der Waals surface area contributed by atoms with Crippen molar-refractivity contribution in [2.24, 2.45) is 5.41 Å². The molecule has 2 spiro atoms. The maximum atomic E-state index is 12.8. The number of carbonyl (C=O) groups is 2. The Bertz CT molecular complexity index is 714. The van der Waals surface area contributed by atoms with Crippen molar-refractivity contribution in [2.75, 3.05) is 6.54 Å². The zero-order chi connectivity index (χ0) is 17.2. The summed E-state index contributed by atoms with van der Waals surface area (Å²) in [5.74, 6) is -0.0745. The van der Waals surface area contributed by atoms with E-state index in [-0.39, 0.29) is 16.7 Å². The number of fused-ring (bicyclic) bond motifs is 3. The van der Waals surface area contributed by atoms with E-state index in [4.69, 9.17) is 4.74 Å². The van der Waals surface area contributed by atoms with Crippen LogP contribution in [0.3, 0.4) is 0 Å². The number of nitrogens with zero attached hydrogens (tertiary/aromatic N) is 1. The lowest BCUT2D eigenvalue weighted by Crippen LogP contribution is -2.51. The van der Waals surface area contributed by atoms with Gasteiger partial charge in [0.15, 0.2) is 0 Å². The van der Waals surface area contributed by atoms with Crippen molar-refractivity contribution in [3.05, 3.63) is 35.4 Å². The number of hydrogen-bond donors (Lipinski definition) is 0. The second kappa shape index (κ2) is 4.84. The van der Waals surface area contributed by atoms with Crippen LogP contribution in [0.4, 0.5) is 4.79 Å². The van der Waals surface area contributed by atoms with Gasteiger partial charge in [0, 0.05) is 18.4 Å². The van der Waals surface area contributed by atoms with Crippen LogP contribution >= 0.6 is 0 Å². The Kier molecular flexibility index (Phi) is 3.16. The van der Waals surface area contributed by atoms with Crippen LogP contribution in [0, 0.1) is 5.41 Å². The molecule has 1 aliphatic heterocycles. The number of imide groups is 1. The zero-order valence-electron chi connectivity index (χ0n) is 14.7. The van der Waals surface area contributed by atoms with Gasteiger partial charge in [-0.3, -0.25) is 4.79 Å². The predicted molar refractivity (Wildman–Crippen MR) is 90.7 cm³/mol. The van der Waals surface area contributed by atoms with Crippen LogP contribution in [-0.4, -0.2) is 29.0 Å². The fourth-order valence-electron chi connectivity index (χ4n) is 4.88. The van der Waals surface area contributed by atoms with E-state index in [9.17, 15) is 9.59 Å². The standard InChI is InChI=1S/C20H25NO3/c1-18(2,3)24-17(23)21-11-10-19(13-16(21)22)12-14-6-4-5-7-15(14)20(19)8-9-20/h4-7H,8-13H2,1-3H3. The molecule has 1 aromatic rings. The monoisotopic (exact) mass is 327 g/mol. The van der Waals surface area contributed by atoms with Gasteiger partial charge in [-0.05, 0) is 63.0 Å². The summed E-state index contributed by atoms with van der Waals surface area (Å²) in [6.45, 7) is 5.96. The Balaban J connectivity index is 1.56. The molecule has 4 heteroatoms. The summed E-state index contributed by atoms with van der Waals surface area (Å²) in [6.07, 6.45) is 4.15. The predicted octanol–water partition coefficient (Wildman–Crippen LogP) is 3.82. The van der Waals surface area contributed by atoms with Crippen LogP contribution < -0.4 is 0 Å². The van der Waals surface area contributed by atoms with E-state index < -0.39 is 11.7 Å². The van der Waals surface area contributed by atoms with Gasteiger partial charge in [-0.25, -0.2) is 9.69 Å². The van der Waals surface area contributed by atoms with Crippen molar-refractivity contribution in [2.45, 2.75) is 63.9 Å². The highest BCUT2D eigenvalue weighted by Gasteiger charge is 2.65.